The van der Waals surface area contributed by atoms with E-state index in [4.69, 9.17) is 10.5 Å². The Kier molecular flexibility index (Phi) is 6.75. The minimum atomic E-state index is -0.121. The predicted octanol–water partition coefficient (Wildman–Crippen LogP) is 2.58. The van der Waals surface area contributed by atoms with Gasteiger partial charge in [-0.05, 0) is 47.0 Å². The van der Waals surface area contributed by atoms with Crippen molar-refractivity contribution in [3.05, 3.63) is 28.2 Å². The normalized spacial score (nSPS) is 10.3. The van der Waals surface area contributed by atoms with Gasteiger partial charge >= 0.3 is 0 Å². The van der Waals surface area contributed by atoms with Crippen LogP contribution in [0.4, 0.5) is 5.69 Å². The molecule has 0 aliphatic rings. The van der Waals surface area contributed by atoms with Gasteiger partial charge in [0, 0.05) is 29.9 Å². The lowest BCUT2D eigenvalue weighted by molar-refractivity contribution is 0.0940. The van der Waals surface area contributed by atoms with Gasteiger partial charge in [0.1, 0.15) is 0 Å². The summed E-state index contributed by atoms with van der Waals surface area (Å²) in [5.74, 6) is -0.121. The van der Waals surface area contributed by atoms with Crippen LogP contribution in [0.25, 0.3) is 0 Å². The van der Waals surface area contributed by atoms with Crippen LogP contribution in [0.3, 0.4) is 0 Å². The zero-order valence-electron chi connectivity index (χ0n) is 10.5. The zero-order valence-corrected chi connectivity index (χ0v) is 12.1. The topological polar surface area (TPSA) is 64.3 Å². The third-order valence-electron chi connectivity index (χ3n) is 2.33. The van der Waals surface area contributed by atoms with Crippen molar-refractivity contribution >= 4 is 27.5 Å². The summed E-state index contributed by atoms with van der Waals surface area (Å²) in [5.41, 5.74) is 6.79. The van der Waals surface area contributed by atoms with Crippen molar-refractivity contribution in [2.45, 2.75) is 19.8 Å². The van der Waals surface area contributed by atoms with Crippen LogP contribution < -0.4 is 11.1 Å². The number of amides is 1. The highest BCUT2D eigenvalue weighted by Crippen LogP contribution is 2.19. The van der Waals surface area contributed by atoms with Crippen molar-refractivity contribution < 1.29 is 9.53 Å². The average molecular weight is 315 g/mol. The second-order valence-corrected chi connectivity index (χ2v) is 4.82. The second kappa shape index (κ2) is 8.11. The van der Waals surface area contributed by atoms with Crippen molar-refractivity contribution in [2.24, 2.45) is 0 Å². The van der Waals surface area contributed by atoms with E-state index in [-0.39, 0.29) is 5.91 Å². The van der Waals surface area contributed by atoms with Gasteiger partial charge < -0.3 is 15.8 Å². The molecule has 0 saturated carbocycles. The van der Waals surface area contributed by atoms with E-state index in [0.29, 0.717) is 24.4 Å². The zero-order chi connectivity index (χ0) is 13.4. The van der Waals surface area contributed by atoms with E-state index in [1.807, 2.05) is 0 Å². The molecule has 1 rings (SSSR count). The standard InChI is InChI=1S/C13H19BrN2O2/c1-2-7-18-8-3-6-16-13(17)11-9-10(15)4-5-12(11)14/h4-5,9H,2-3,6-8,15H2,1H3,(H,16,17). The molecule has 0 unspecified atom stereocenters. The highest BCUT2D eigenvalue weighted by Gasteiger charge is 2.09. The number of anilines is 1. The Morgan fingerprint density at radius 1 is 1.44 bits per heavy atom. The maximum atomic E-state index is 11.9. The molecular weight excluding hydrogens is 296 g/mol. The molecule has 0 aromatic heterocycles. The lowest BCUT2D eigenvalue weighted by Gasteiger charge is -2.08. The number of benzene rings is 1. The Morgan fingerprint density at radius 3 is 2.94 bits per heavy atom. The lowest BCUT2D eigenvalue weighted by atomic mass is 10.2. The van der Waals surface area contributed by atoms with Gasteiger partial charge in [-0.3, -0.25) is 4.79 Å². The first-order chi connectivity index (χ1) is 8.65. The molecule has 1 aromatic rings. The maximum Gasteiger partial charge on any atom is 0.252 e. The number of nitrogens with one attached hydrogen (secondary N) is 1. The van der Waals surface area contributed by atoms with Crippen LogP contribution in [0.15, 0.2) is 22.7 Å². The van der Waals surface area contributed by atoms with Gasteiger partial charge in [-0.15, -0.1) is 0 Å². The van der Waals surface area contributed by atoms with Crippen LogP contribution >= 0.6 is 15.9 Å². The Bertz CT molecular complexity index is 397. The van der Waals surface area contributed by atoms with Crippen LogP contribution in [0.1, 0.15) is 30.1 Å². The summed E-state index contributed by atoms with van der Waals surface area (Å²) in [5, 5.41) is 2.84. The predicted molar refractivity (Wildman–Crippen MR) is 76.6 cm³/mol. The number of halogens is 1. The first-order valence-electron chi connectivity index (χ1n) is 6.06. The molecule has 0 aliphatic carbocycles. The summed E-state index contributed by atoms with van der Waals surface area (Å²) >= 11 is 3.33. The molecule has 0 radical (unpaired) electrons. The molecule has 0 atom stereocenters. The van der Waals surface area contributed by atoms with Gasteiger partial charge in [0.05, 0.1) is 5.56 Å². The molecule has 1 amide bonds. The number of carbonyl (C=O) groups excluding carboxylic acids is 1. The fourth-order valence-corrected chi connectivity index (χ4v) is 1.86. The van der Waals surface area contributed by atoms with E-state index < -0.39 is 0 Å². The van der Waals surface area contributed by atoms with Crippen molar-refractivity contribution in [1.29, 1.82) is 0 Å². The van der Waals surface area contributed by atoms with Crippen molar-refractivity contribution in [2.75, 3.05) is 25.5 Å². The SMILES string of the molecule is CCCOCCCNC(=O)c1cc(N)ccc1Br. The van der Waals surface area contributed by atoms with Crippen LogP contribution in [-0.4, -0.2) is 25.7 Å². The van der Waals surface area contributed by atoms with E-state index in [9.17, 15) is 4.79 Å². The second-order valence-electron chi connectivity index (χ2n) is 3.96. The first kappa shape index (κ1) is 15.0. The third kappa shape index (κ3) is 5.06. The number of hydrogen-bond acceptors (Lipinski definition) is 3. The summed E-state index contributed by atoms with van der Waals surface area (Å²) in [6.07, 6.45) is 1.83. The number of ether oxygens (including phenoxy) is 1. The molecule has 0 fully saturated rings. The minimum Gasteiger partial charge on any atom is -0.399 e. The molecule has 4 nitrogen and oxygen atoms in total. The molecule has 0 saturated heterocycles. The number of carbonyl (C=O) groups is 1. The van der Waals surface area contributed by atoms with Crippen molar-refractivity contribution in [3.8, 4) is 0 Å². The summed E-state index contributed by atoms with van der Waals surface area (Å²) in [4.78, 5) is 11.9. The van der Waals surface area contributed by atoms with Gasteiger partial charge in [-0.1, -0.05) is 6.92 Å². The fourth-order valence-electron chi connectivity index (χ4n) is 1.43. The number of rotatable bonds is 7. The third-order valence-corrected chi connectivity index (χ3v) is 3.03. The Hall–Kier alpha value is -1.07. The smallest absolute Gasteiger partial charge is 0.252 e. The highest BCUT2D eigenvalue weighted by atomic mass is 79.9. The molecule has 100 valence electrons. The average Bonchev–Trinajstić information content (AvgIpc) is 2.36. The highest BCUT2D eigenvalue weighted by molar-refractivity contribution is 9.10. The van der Waals surface area contributed by atoms with Crippen LogP contribution in [0.5, 0.6) is 0 Å². The van der Waals surface area contributed by atoms with E-state index in [1.54, 1.807) is 18.2 Å². The van der Waals surface area contributed by atoms with Gasteiger partial charge in [-0.25, -0.2) is 0 Å². The summed E-state index contributed by atoms with van der Waals surface area (Å²) in [7, 11) is 0. The van der Waals surface area contributed by atoms with Crippen molar-refractivity contribution in [3.63, 3.8) is 0 Å². The van der Waals surface area contributed by atoms with Crippen LogP contribution in [0, 0.1) is 0 Å². The van der Waals surface area contributed by atoms with Crippen LogP contribution in [-0.2, 0) is 4.74 Å². The summed E-state index contributed by atoms with van der Waals surface area (Å²) in [6.45, 7) is 4.11. The molecule has 0 aliphatic heterocycles. The van der Waals surface area contributed by atoms with E-state index in [2.05, 4.69) is 28.2 Å². The molecule has 0 spiro atoms. The largest absolute Gasteiger partial charge is 0.399 e. The number of hydrogen-bond donors (Lipinski definition) is 2. The molecule has 3 N–H and O–H groups in total. The van der Waals surface area contributed by atoms with E-state index >= 15 is 0 Å². The van der Waals surface area contributed by atoms with E-state index in [0.717, 1.165) is 23.9 Å². The molecule has 0 heterocycles. The van der Waals surface area contributed by atoms with Gasteiger partial charge in [0.15, 0.2) is 0 Å². The molecule has 1 aromatic carbocycles. The summed E-state index contributed by atoms with van der Waals surface area (Å²) in [6, 6.07) is 5.18. The van der Waals surface area contributed by atoms with Gasteiger partial charge in [0.2, 0.25) is 0 Å². The minimum absolute atomic E-state index is 0.121. The monoisotopic (exact) mass is 314 g/mol. The molecular formula is C13H19BrN2O2. The Morgan fingerprint density at radius 2 is 2.22 bits per heavy atom. The maximum absolute atomic E-state index is 11.9. The lowest BCUT2D eigenvalue weighted by Crippen LogP contribution is -2.25. The van der Waals surface area contributed by atoms with Crippen molar-refractivity contribution in [1.82, 2.24) is 5.32 Å². The molecule has 5 heteroatoms. The van der Waals surface area contributed by atoms with Crippen LogP contribution in [0.2, 0.25) is 0 Å². The van der Waals surface area contributed by atoms with Gasteiger partial charge in [-0.2, -0.15) is 0 Å². The quantitative estimate of drug-likeness (QED) is 0.600. The number of nitrogen functional groups attached to an aromatic ring is 1. The van der Waals surface area contributed by atoms with Gasteiger partial charge in [0.25, 0.3) is 5.91 Å². The number of nitrogens with two attached hydrogens (primary N) is 1. The Balaban J connectivity index is 2.34. The first-order valence-corrected chi connectivity index (χ1v) is 6.85. The molecule has 0 bridgehead atoms. The Labute approximate surface area is 116 Å². The molecule has 18 heavy (non-hydrogen) atoms. The summed E-state index contributed by atoms with van der Waals surface area (Å²) < 4.78 is 6.08. The van der Waals surface area contributed by atoms with E-state index in [1.165, 1.54) is 0 Å². The fraction of sp³-hybridized carbons (Fsp3) is 0.462.